The second kappa shape index (κ2) is 6.44. The highest BCUT2D eigenvalue weighted by molar-refractivity contribution is 6.11. The van der Waals surface area contributed by atoms with Crippen molar-refractivity contribution in [2.24, 2.45) is 0 Å². The molecule has 0 radical (unpaired) electrons. The number of cyclic esters (lactones) is 1. The van der Waals surface area contributed by atoms with Crippen LogP contribution in [0.3, 0.4) is 0 Å². The van der Waals surface area contributed by atoms with Gasteiger partial charge in [-0.05, 0) is 23.8 Å². The quantitative estimate of drug-likeness (QED) is 0.622. The van der Waals surface area contributed by atoms with Crippen molar-refractivity contribution in [3.8, 4) is 39.9 Å². The lowest BCUT2D eigenvalue weighted by atomic mass is 9.94. The molecule has 0 fully saturated rings. The molecule has 2 aliphatic heterocycles. The van der Waals surface area contributed by atoms with E-state index in [2.05, 4.69) is 4.98 Å². The molecule has 0 N–H and O–H groups in total. The third kappa shape index (κ3) is 2.45. The zero-order chi connectivity index (χ0) is 20.1. The number of hydrogen-bond donors (Lipinski definition) is 0. The van der Waals surface area contributed by atoms with Crippen molar-refractivity contribution in [2.75, 3.05) is 28.1 Å². The lowest BCUT2D eigenvalue weighted by Crippen LogP contribution is -2.03. The maximum absolute atomic E-state index is 12.6. The summed E-state index contributed by atoms with van der Waals surface area (Å²) in [6.45, 7) is 0.258. The number of methoxy groups -OCH3 is 3. The first kappa shape index (κ1) is 17.4. The summed E-state index contributed by atoms with van der Waals surface area (Å²) in [5, 5.41) is 0.677. The van der Waals surface area contributed by atoms with Gasteiger partial charge in [-0.25, -0.2) is 9.78 Å². The Bertz CT molecular complexity index is 1170. The van der Waals surface area contributed by atoms with E-state index in [1.807, 2.05) is 18.2 Å². The summed E-state index contributed by atoms with van der Waals surface area (Å²) in [5.41, 5.74) is 2.96. The SMILES string of the molecule is COc1cc2c(-c3ccc4c(c3)OCO4)c3c(nc2c(OC)c1OC)COC3=O. The highest BCUT2D eigenvalue weighted by atomic mass is 16.7. The van der Waals surface area contributed by atoms with Crippen molar-refractivity contribution < 1.29 is 33.2 Å². The van der Waals surface area contributed by atoms with Crippen molar-refractivity contribution in [3.63, 3.8) is 0 Å². The minimum absolute atomic E-state index is 0.0964. The molecule has 0 spiro atoms. The number of pyridine rings is 1. The molecule has 148 valence electrons. The van der Waals surface area contributed by atoms with Crippen LogP contribution >= 0.6 is 0 Å². The van der Waals surface area contributed by atoms with Crippen molar-refractivity contribution in [1.82, 2.24) is 4.98 Å². The van der Waals surface area contributed by atoms with Gasteiger partial charge in [0.25, 0.3) is 0 Å². The number of rotatable bonds is 4. The fourth-order valence-corrected chi connectivity index (χ4v) is 3.79. The van der Waals surface area contributed by atoms with Crippen molar-refractivity contribution in [2.45, 2.75) is 6.61 Å². The molecule has 0 atom stereocenters. The van der Waals surface area contributed by atoms with Gasteiger partial charge in [0.15, 0.2) is 23.0 Å². The predicted octanol–water partition coefficient (Wildman–Crippen LogP) is 3.33. The number of carbonyl (C=O) groups excluding carboxylic acids is 1. The molecule has 0 saturated carbocycles. The summed E-state index contributed by atoms with van der Waals surface area (Å²) in [4.78, 5) is 17.2. The predicted molar refractivity (Wildman–Crippen MR) is 102 cm³/mol. The van der Waals surface area contributed by atoms with E-state index >= 15 is 0 Å². The van der Waals surface area contributed by atoms with E-state index in [-0.39, 0.29) is 13.4 Å². The second-order valence-corrected chi connectivity index (χ2v) is 6.49. The van der Waals surface area contributed by atoms with Crippen LogP contribution in [0.2, 0.25) is 0 Å². The Morgan fingerprint density at radius 3 is 2.45 bits per heavy atom. The number of benzene rings is 2. The zero-order valence-electron chi connectivity index (χ0n) is 16.0. The van der Waals surface area contributed by atoms with E-state index in [9.17, 15) is 4.79 Å². The zero-order valence-corrected chi connectivity index (χ0v) is 16.0. The molecular formula is C21H17NO7. The Hall–Kier alpha value is -3.68. The molecule has 3 aromatic rings. The topological polar surface area (TPSA) is 85.3 Å². The summed E-state index contributed by atoms with van der Waals surface area (Å²) in [6, 6.07) is 7.31. The Balaban J connectivity index is 1.91. The first-order chi connectivity index (χ1) is 14.2. The van der Waals surface area contributed by atoms with Crippen molar-refractivity contribution in [3.05, 3.63) is 35.5 Å². The third-order valence-corrected chi connectivity index (χ3v) is 5.06. The van der Waals surface area contributed by atoms with Gasteiger partial charge in [-0.2, -0.15) is 0 Å². The minimum atomic E-state index is -0.421. The third-order valence-electron chi connectivity index (χ3n) is 5.06. The van der Waals surface area contributed by atoms with Gasteiger partial charge in [0.1, 0.15) is 12.1 Å². The molecule has 0 amide bonds. The maximum Gasteiger partial charge on any atom is 0.341 e. The molecule has 5 rings (SSSR count). The lowest BCUT2D eigenvalue weighted by Gasteiger charge is -2.17. The van der Waals surface area contributed by atoms with Gasteiger partial charge in [0.2, 0.25) is 12.5 Å². The van der Waals surface area contributed by atoms with E-state index in [4.69, 9.17) is 28.4 Å². The average molecular weight is 395 g/mol. The van der Waals surface area contributed by atoms with E-state index in [0.29, 0.717) is 56.5 Å². The first-order valence-corrected chi connectivity index (χ1v) is 8.89. The standard InChI is InChI=1S/C21H17NO7/c1-24-15-7-11-16(10-4-5-13-14(6-10)29-9-28-13)17-12(8-27-21(17)23)22-18(11)20(26-3)19(15)25-2/h4-7H,8-9H2,1-3H3. The summed E-state index contributed by atoms with van der Waals surface area (Å²) >= 11 is 0. The molecule has 0 saturated heterocycles. The van der Waals surface area contributed by atoms with Gasteiger partial charge in [-0.1, -0.05) is 6.07 Å². The number of hydrogen-bond acceptors (Lipinski definition) is 8. The number of nitrogens with zero attached hydrogens (tertiary/aromatic N) is 1. The summed E-state index contributed by atoms with van der Waals surface area (Å²) in [7, 11) is 4.61. The van der Waals surface area contributed by atoms with E-state index in [0.717, 1.165) is 5.56 Å². The molecule has 0 unspecified atom stereocenters. The van der Waals surface area contributed by atoms with Gasteiger partial charge in [0.05, 0.1) is 32.6 Å². The fourth-order valence-electron chi connectivity index (χ4n) is 3.79. The molecule has 0 aliphatic carbocycles. The Morgan fingerprint density at radius 1 is 0.897 bits per heavy atom. The normalized spacial score (nSPS) is 14.0. The number of aromatic nitrogens is 1. The Labute approximate surface area is 165 Å². The van der Waals surface area contributed by atoms with Gasteiger partial charge in [-0.15, -0.1) is 0 Å². The largest absolute Gasteiger partial charge is 0.493 e. The van der Waals surface area contributed by atoms with E-state index in [1.54, 1.807) is 13.2 Å². The van der Waals surface area contributed by atoms with Crippen LogP contribution < -0.4 is 23.7 Å². The van der Waals surface area contributed by atoms with Crippen LogP contribution in [-0.4, -0.2) is 39.1 Å². The minimum Gasteiger partial charge on any atom is -0.493 e. The molecule has 3 heterocycles. The molecule has 8 heteroatoms. The number of fused-ring (bicyclic) bond motifs is 3. The summed E-state index contributed by atoms with van der Waals surface area (Å²) in [5.74, 6) is 2.16. The second-order valence-electron chi connectivity index (χ2n) is 6.49. The van der Waals surface area contributed by atoms with Crippen LogP contribution in [0.4, 0.5) is 0 Å². The number of esters is 1. The first-order valence-electron chi connectivity index (χ1n) is 8.89. The van der Waals surface area contributed by atoms with E-state index < -0.39 is 5.97 Å². The van der Waals surface area contributed by atoms with Crippen LogP contribution in [0.25, 0.3) is 22.0 Å². The lowest BCUT2D eigenvalue weighted by molar-refractivity contribution is 0.0534. The van der Waals surface area contributed by atoms with Gasteiger partial charge < -0.3 is 28.4 Å². The monoisotopic (exact) mass is 395 g/mol. The van der Waals surface area contributed by atoms with Gasteiger partial charge >= 0.3 is 5.97 Å². The van der Waals surface area contributed by atoms with Gasteiger partial charge in [-0.3, -0.25) is 0 Å². The summed E-state index contributed by atoms with van der Waals surface area (Å²) in [6.07, 6.45) is 0. The summed E-state index contributed by atoms with van der Waals surface area (Å²) < 4.78 is 32.8. The molecule has 2 aromatic carbocycles. The molecule has 8 nitrogen and oxygen atoms in total. The van der Waals surface area contributed by atoms with Crippen molar-refractivity contribution in [1.29, 1.82) is 0 Å². The highest BCUT2D eigenvalue weighted by Crippen LogP contribution is 2.48. The highest BCUT2D eigenvalue weighted by Gasteiger charge is 2.32. The maximum atomic E-state index is 12.6. The average Bonchev–Trinajstić information content (AvgIpc) is 3.36. The fraction of sp³-hybridized carbons (Fsp3) is 0.238. The van der Waals surface area contributed by atoms with Gasteiger partial charge in [0, 0.05) is 10.9 Å². The Morgan fingerprint density at radius 2 is 1.69 bits per heavy atom. The van der Waals surface area contributed by atoms with Crippen molar-refractivity contribution >= 4 is 16.9 Å². The van der Waals surface area contributed by atoms with Crippen LogP contribution in [0.5, 0.6) is 28.7 Å². The molecular weight excluding hydrogens is 378 g/mol. The molecule has 29 heavy (non-hydrogen) atoms. The van der Waals surface area contributed by atoms with Crippen LogP contribution in [0.15, 0.2) is 24.3 Å². The van der Waals surface area contributed by atoms with Crippen LogP contribution in [0, 0.1) is 0 Å². The molecule has 1 aromatic heterocycles. The molecule has 0 bridgehead atoms. The van der Waals surface area contributed by atoms with E-state index in [1.165, 1.54) is 14.2 Å². The smallest absolute Gasteiger partial charge is 0.341 e. The van der Waals surface area contributed by atoms with Crippen LogP contribution in [0.1, 0.15) is 16.1 Å². The number of carbonyl (C=O) groups is 1. The Kier molecular flexibility index (Phi) is 3.87. The number of ether oxygens (including phenoxy) is 6. The van der Waals surface area contributed by atoms with Crippen LogP contribution in [-0.2, 0) is 11.3 Å². The molecule has 2 aliphatic rings.